The average Bonchev–Trinajstić information content (AvgIpc) is 2.61. The van der Waals surface area contributed by atoms with Crippen molar-refractivity contribution in [3.8, 4) is 0 Å². The van der Waals surface area contributed by atoms with Crippen LogP contribution in [0.2, 0.25) is 5.02 Å². The number of benzene rings is 2. The molecule has 0 saturated carbocycles. The summed E-state index contributed by atoms with van der Waals surface area (Å²) in [6.07, 6.45) is -0.550. The molecule has 2 rings (SSSR count). The van der Waals surface area contributed by atoms with E-state index in [1.807, 2.05) is 62.4 Å². The molecule has 2 aromatic rings. The van der Waals surface area contributed by atoms with Crippen LogP contribution < -0.4 is 5.32 Å². The van der Waals surface area contributed by atoms with E-state index >= 15 is 0 Å². The summed E-state index contributed by atoms with van der Waals surface area (Å²) in [6, 6.07) is 15.7. The number of carboxylic acids is 1. The summed E-state index contributed by atoms with van der Waals surface area (Å²) in [4.78, 5) is 23.7. The Kier molecular flexibility index (Phi) is 7.67. The van der Waals surface area contributed by atoms with Gasteiger partial charge in [0.05, 0.1) is 0 Å². The lowest BCUT2D eigenvalue weighted by Crippen LogP contribution is -2.42. The number of carboxylic acid groups (broad SMARTS) is 1. The van der Waals surface area contributed by atoms with Gasteiger partial charge in [0.2, 0.25) is 0 Å². The van der Waals surface area contributed by atoms with Crippen LogP contribution in [-0.4, -0.2) is 23.2 Å². The van der Waals surface area contributed by atoms with Crippen molar-refractivity contribution in [2.75, 3.05) is 0 Å². The van der Waals surface area contributed by atoms with Crippen LogP contribution in [0.4, 0.5) is 4.79 Å². The molecule has 1 amide bonds. The number of halogens is 1. The van der Waals surface area contributed by atoms with E-state index in [1.54, 1.807) is 6.07 Å². The third-order valence-electron chi connectivity index (χ3n) is 4.03. The molecule has 0 fully saturated rings. The van der Waals surface area contributed by atoms with Crippen LogP contribution in [0.1, 0.15) is 37.5 Å². The van der Waals surface area contributed by atoms with Gasteiger partial charge in [0.15, 0.2) is 0 Å². The van der Waals surface area contributed by atoms with Crippen LogP contribution in [0.25, 0.3) is 0 Å². The van der Waals surface area contributed by atoms with Gasteiger partial charge in [-0.25, -0.2) is 9.59 Å². The van der Waals surface area contributed by atoms with E-state index in [4.69, 9.17) is 16.3 Å². The van der Waals surface area contributed by atoms with Crippen LogP contribution in [-0.2, 0) is 16.0 Å². The minimum atomic E-state index is -1.08. The summed E-state index contributed by atoms with van der Waals surface area (Å²) in [5, 5.41) is 12.4. The quantitative estimate of drug-likeness (QED) is 0.676. The summed E-state index contributed by atoms with van der Waals surface area (Å²) in [7, 11) is 0. The van der Waals surface area contributed by atoms with E-state index in [0.29, 0.717) is 17.9 Å². The lowest BCUT2D eigenvalue weighted by atomic mass is 10.0. The van der Waals surface area contributed by atoms with Gasteiger partial charge in [0.1, 0.15) is 12.1 Å². The van der Waals surface area contributed by atoms with Gasteiger partial charge in [0.25, 0.3) is 0 Å². The van der Waals surface area contributed by atoms with Gasteiger partial charge in [-0.15, -0.1) is 0 Å². The molecule has 0 heterocycles. The largest absolute Gasteiger partial charge is 0.480 e. The number of hydrogen-bond donors (Lipinski definition) is 2. The first-order valence-corrected chi connectivity index (χ1v) is 9.22. The van der Waals surface area contributed by atoms with Crippen molar-refractivity contribution >= 4 is 23.7 Å². The Morgan fingerprint density at radius 1 is 1.11 bits per heavy atom. The standard InChI is InChI=1S/C21H24ClNO4/c1-14(2)11-18(20(24)25)23-21(26)27-19(16-8-4-3-5-9-16)13-15-7-6-10-17(22)12-15/h3-10,12,14,18-19H,11,13H2,1-2H3,(H,23,26)(H,24,25). The Bertz CT molecular complexity index is 764. The number of rotatable bonds is 8. The maximum absolute atomic E-state index is 12.4. The number of amides is 1. The molecule has 0 aliphatic carbocycles. The third kappa shape index (κ3) is 6.94. The smallest absolute Gasteiger partial charge is 0.408 e. The number of aliphatic carboxylic acids is 1. The summed E-state index contributed by atoms with van der Waals surface area (Å²) in [5.41, 5.74) is 1.74. The van der Waals surface area contributed by atoms with Gasteiger partial charge in [-0.3, -0.25) is 0 Å². The average molecular weight is 390 g/mol. The number of nitrogens with one attached hydrogen (secondary N) is 1. The molecule has 0 bridgehead atoms. The lowest BCUT2D eigenvalue weighted by molar-refractivity contribution is -0.139. The molecule has 27 heavy (non-hydrogen) atoms. The van der Waals surface area contributed by atoms with Gasteiger partial charge >= 0.3 is 12.1 Å². The predicted molar refractivity (Wildman–Crippen MR) is 105 cm³/mol. The van der Waals surface area contributed by atoms with Gasteiger partial charge in [-0.05, 0) is 35.6 Å². The normalized spacial score (nSPS) is 13.0. The van der Waals surface area contributed by atoms with Crippen molar-refractivity contribution in [2.24, 2.45) is 5.92 Å². The van der Waals surface area contributed by atoms with Gasteiger partial charge in [0, 0.05) is 11.4 Å². The Hall–Kier alpha value is -2.53. The molecule has 0 aliphatic heterocycles. The minimum absolute atomic E-state index is 0.128. The van der Waals surface area contributed by atoms with Crippen LogP contribution in [0.15, 0.2) is 54.6 Å². The summed E-state index contributed by atoms with van der Waals surface area (Å²) in [6.45, 7) is 3.80. The molecule has 2 atom stereocenters. The fraction of sp³-hybridized carbons (Fsp3) is 0.333. The molecule has 0 aromatic heterocycles. The van der Waals surface area contributed by atoms with Crippen LogP contribution >= 0.6 is 11.6 Å². The SMILES string of the molecule is CC(C)CC(NC(=O)OC(Cc1cccc(Cl)c1)c1ccccc1)C(=O)O. The Labute approximate surface area is 164 Å². The van der Waals surface area contributed by atoms with Crippen LogP contribution in [0, 0.1) is 5.92 Å². The molecule has 144 valence electrons. The second kappa shape index (κ2) is 9.97. The first-order chi connectivity index (χ1) is 12.8. The fourth-order valence-corrected chi connectivity index (χ4v) is 2.98. The highest BCUT2D eigenvalue weighted by Gasteiger charge is 2.24. The highest BCUT2D eigenvalue weighted by atomic mass is 35.5. The minimum Gasteiger partial charge on any atom is -0.480 e. The van der Waals surface area contributed by atoms with Gasteiger partial charge in [-0.1, -0.05) is 67.9 Å². The van der Waals surface area contributed by atoms with Crippen molar-refractivity contribution in [1.29, 1.82) is 0 Å². The van der Waals surface area contributed by atoms with Crippen molar-refractivity contribution < 1.29 is 19.4 Å². The maximum Gasteiger partial charge on any atom is 0.408 e. The molecule has 6 heteroatoms. The molecule has 2 aromatic carbocycles. The molecular formula is C21H24ClNO4. The first kappa shape index (κ1) is 20.8. The zero-order chi connectivity index (χ0) is 19.8. The number of alkyl carbamates (subject to hydrolysis) is 1. The predicted octanol–water partition coefficient (Wildman–Crippen LogP) is 4.85. The molecule has 2 unspecified atom stereocenters. The maximum atomic E-state index is 12.4. The zero-order valence-electron chi connectivity index (χ0n) is 15.4. The van der Waals surface area contributed by atoms with Crippen molar-refractivity contribution in [1.82, 2.24) is 5.32 Å². The van der Waals surface area contributed by atoms with Crippen molar-refractivity contribution in [3.05, 3.63) is 70.7 Å². The lowest BCUT2D eigenvalue weighted by Gasteiger charge is -2.21. The molecule has 2 N–H and O–H groups in total. The second-order valence-electron chi connectivity index (χ2n) is 6.80. The molecule has 0 spiro atoms. The van der Waals surface area contributed by atoms with E-state index in [9.17, 15) is 14.7 Å². The Morgan fingerprint density at radius 3 is 2.41 bits per heavy atom. The van der Waals surface area contributed by atoms with Gasteiger partial charge in [-0.2, -0.15) is 0 Å². The molecule has 0 aliphatic rings. The van der Waals surface area contributed by atoms with E-state index in [0.717, 1.165) is 11.1 Å². The number of ether oxygens (including phenoxy) is 1. The highest BCUT2D eigenvalue weighted by molar-refractivity contribution is 6.30. The van der Waals surface area contributed by atoms with E-state index < -0.39 is 24.2 Å². The molecule has 5 nitrogen and oxygen atoms in total. The first-order valence-electron chi connectivity index (χ1n) is 8.84. The second-order valence-corrected chi connectivity index (χ2v) is 7.24. The van der Waals surface area contributed by atoms with Crippen LogP contribution in [0.5, 0.6) is 0 Å². The zero-order valence-corrected chi connectivity index (χ0v) is 16.1. The topological polar surface area (TPSA) is 75.6 Å². The molecule has 0 saturated heterocycles. The number of carbonyl (C=O) groups excluding carboxylic acids is 1. The Morgan fingerprint density at radius 2 is 1.81 bits per heavy atom. The highest BCUT2D eigenvalue weighted by Crippen LogP contribution is 2.24. The summed E-state index contributed by atoms with van der Waals surface area (Å²) in [5.74, 6) is -0.950. The Balaban J connectivity index is 2.13. The number of hydrogen-bond acceptors (Lipinski definition) is 3. The van der Waals surface area contributed by atoms with Crippen LogP contribution in [0.3, 0.4) is 0 Å². The summed E-state index contributed by atoms with van der Waals surface area (Å²) < 4.78 is 5.59. The fourth-order valence-electron chi connectivity index (χ4n) is 2.77. The molecule has 0 radical (unpaired) electrons. The summed E-state index contributed by atoms with van der Waals surface area (Å²) >= 11 is 6.05. The van der Waals surface area contributed by atoms with Crippen molar-refractivity contribution in [2.45, 2.75) is 38.8 Å². The van der Waals surface area contributed by atoms with E-state index in [2.05, 4.69) is 5.32 Å². The monoisotopic (exact) mass is 389 g/mol. The van der Waals surface area contributed by atoms with Gasteiger partial charge < -0.3 is 15.2 Å². The molecular weight excluding hydrogens is 366 g/mol. The van der Waals surface area contributed by atoms with E-state index in [1.165, 1.54) is 0 Å². The third-order valence-corrected chi connectivity index (χ3v) is 4.26. The number of carbonyl (C=O) groups is 2. The van der Waals surface area contributed by atoms with E-state index in [-0.39, 0.29) is 5.92 Å². The van der Waals surface area contributed by atoms with Crippen molar-refractivity contribution in [3.63, 3.8) is 0 Å².